The Morgan fingerprint density at radius 1 is 1.50 bits per heavy atom. The van der Waals surface area contributed by atoms with Crippen LogP contribution in [-0.4, -0.2) is 32.7 Å². The Labute approximate surface area is 150 Å². The number of rotatable bonds is 7. The molecule has 7 heteroatoms. The minimum Gasteiger partial charge on any atom is -0.481 e. The number of nitrogens with zero attached hydrogens (tertiary/aromatic N) is 1. The minimum absolute atomic E-state index is 0.111. The molecule has 1 aromatic rings. The Kier molecular flexibility index (Phi) is 5.10. The predicted molar refractivity (Wildman–Crippen MR) is 96.6 cm³/mol. The second-order valence-electron chi connectivity index (χ2n) is 6.24. The Morgan fingerprint density at radius 2 is 2.25 bits per heavy atom. The van der Waals surface area contributed by atoms with Crippen LogP contribution in [0.3, 0.4) is 0 Å². The van der Waals surface area contributed by atoms with Crippen LogP contribution in [0, 0.1) is 5.92 Å². The maximum absolute atomic E-state index is 12.4. The summed E-state index contributed by atoms with van der Waals surface area (Å²) in [5.41, 5.74) is 0. The molecule has 1 aliphatic heterocycles. The molecule has 3 rings (SSSR count). The molecule has 2 atom stereocenters. The first kappa shape index (κ1) is 17.2. The molecule has 0 radical (unpaired) electrons. The third-order valence-corrected chi connectivity index (χ3v) is 5.67. The van der Waals surface area contributed by atoms with E-state index in [1.54, 1.807) is 11.0 Å². The number of unbranched alkanes of at least 4 members (excludes halogenated alkanes) is 1. The van der Waals surface area contributed by atoms with Crippen molar-refractivity contribution in [1.29, 1.82) is 0 Å². The Morgan fingerprint density at radius 3 is 2.92 bits per heavy atom. The van der Waals surface area contributed by atoms with Crippen LogP contribution in [0.15, 0.2) is 21.5 Å². The summed E-state index contributed by atoms with van der Waals surface area (Å²) < 4.78 is 6.33. The molecule has 1 saturated carbocycles. The molecule has 24 heavy (non-hydrogen) atoms. The summed E-state index contributed by atoms with van der Waals surface area (Å²) in [6.07, 6.45) is 4.17. The Hall–Kier alpha value is -1.60. The Bertz CT molecular complexity index is 709. The zero-order valence-electron chi connectivity index (χ0n) is 13.4. The highest BCUT2D eigenvalue weighted by Gasteiger charge is 2.37. The molecule has 1 aliphatic carbocycles. The standard InChI is InChI=1S/C17H19NO4S2/c1-10-8-12(10)13-6-5-11(22-13)9-14-16(21)18(17(23)24-14)7-3-2-4-15(19)20/h5-6,9-10,12H,2-4,7-8H2,1H3,(H,19,20)/b14-9-/t10-,12+/m0/s1. The smallest absolute Gasteiger partial charge is 0.303 e. The van der Waals surface area contributed by atoms with Crippen LogP contribution in [0.5, 0.6) is 0 Å². The van der Waals surface area contributed by atoms with E-state index >= 15 is 0 Å². The molecule has 0 bridgehead atoms. The molecule has 0 spiro atoms. The lowest BCUT2D eigenvalue weighted by Gasteiger charge is -2.13. The van der Waals surface area contributed by atoms with Gasteiger partial charge >= 0.3 is 5.97 Å². The van der Waals surface area contributed by atoms with Crippen molar-refractivity contribution in [3.8, 4) is 0 Å². The monoisotopic (exact) mass is 365 g/mol. The molecule has 2 fully saturated rings. The number of thiocarbonyl (C=S) groups is 1. The van der Waals surface area contributed by atoms with E-state index in [0.29, 0.717) is 46.2 Å². The fourth-order valence-corrected chi connectivity index (χ4v) is 4.02. The molecule has 1 amide bonds. The molecule has 128 valence electrons. The lowest BCUT2D eigenvalue weighted by molar-refractivity contribution is -0.137. The van der Waals surface area contributed by atoms with E-state index in [9.17, 15) is 9.59 Å². The van der Waals surface area contributed by atoms with Gasteiger partial charge in [0.2, 0.25) is 0 Å². The van der Waals surface area contributed by atoms with E-state index in [-0.39, 0.29) is 12.3 Å². The number of aliphatic carboxylic acids is 1. The molecule has 1 N–H and O–H groups in total. The van der Waals surface area contributed by atoms with Gasteiger partial charge in [-0.25, -0.2) is 0 Å². The zero-order chi connectivity index (χ0) is 17.3. The van der Waals surface area contributed by atoms with Crippen molar-refractivity contribution < 1.29 is 19.1 Å². The molecule has 5 nitrogen and oxygen atoms in total. The molecule has 1 aromatic heterocycles. The third kappa shape index (κ3) is 3.89. The van der Waals surface area contributed by atoms with Gasteiger partial charge < -0.3 is 9.52 Å². The lowest BCUT2D eigenvalue weighted by atomic mass is 10.2. The van der Waals surface area contributed by atoms with Gasteiger partial charge in [-0.1, -0.05) is 30.9 Å². The van der Waals surface area contributed by atoms with Crippen LogP contribution < -0.4 is 0 Å². The predicted octanol–water partition coefficient (Wildman–Crippen LogP) is 3.86. The van der Waals surface area contributed by atoms with Gasteiger partial charge in [0.15, 0.2) is 0 Å². The fraction of sp³-hybridized carbons (Fsp3) is 0.471. The highest BCUT2D eigenvalue weighted by atomic mass is 32.2. The van der Waals surface area contributed by atoms with Gasteiger partial charge in [0.1, 0.15) is 15.8 Å². The van der Waals surface area contributed by atoms with Crippen LogP contribution in [0.1, 0.15) is 50.0 Å². The highest BCUT2D eigenvalue weighted by molar-refractivity contribution is 8.26. The van der Waals surface area contributed by atoms with Crippen molar-refractivity contribution in [1.82, 2.24) is 4.90 Å². The second-order valence-corrected chi connectivity index (χ2v) is 7.92. The zero-order valence-corrected chi connectivity index (χ0v) is 15.0. The number of carbonyl (C=O) groups is 2. The normalized spacial score (nSPS) is 24.9. The highest BCUT2D eigenvalue weighted by Crippen LogP contribution is 2.47. The number of carboxylic acids is 1. The van der Waals surface area contributed by atoms with E-state index < -0.39 is 5.97 Å². The number of amides is 1. The maximum atomic E-state index is 12.4. The van der Waals surface area contributed by atoms with E-state index in [2.05, 4.69) is 6.92 Å². The number of hydrogen-bond acceptors (Lipinski definition) is 5. The van der Waals surface area contributed by atoms with Gasteiger partial charge in [-0.05, 0) is 37.3 Å². The average molecular weight is 365 g/mol. The summed E-state index contributed by atoms with van der Waals surface area (Å²) >= 11 is 6.53. The van der Waals surface area contributed by atoms with Crippen LogP contribution in [0.2, 0.25) is 0 Å². The lowest BCUT2D eigenvalue weighted by Crippen LogP contribution is -2.29. The van der Waals surface area contributed by atoms with Crippen molar-refractivity contribution in [3.63, 3.8) is 0 Å². The SMILES string of the molecule is C[C@H]1C[C@H]1c1ccc(/C=C2\SC(=S)N(CCCCC(=O)O)C2=O)o1. The molecular weight excluding hydrogens is 346 g/mol. The molecule has 1 saturated heterocycles. The minimum atomic E-state index is -0.820. The van der Waals surface area contributed by atoms with Gasteiger partial charge in [-0.15, -0.1) is 0 Å². The number of hydrogen-bond donors (Lipinski definition) is 1. The van der Waals surface area contributed by atoms with E-state index in [1.807, 2.05) is 12.1 Å². The summed E-state index contributed by atoms with van der Waals surface area (Å²) in [4.78, 5) is 25.1. The van der Waals surface area contributed by atoms with E-state index in [0.717, 1.165) is 12.2 Å². The molecular formula is C17H19NO4S2. The first-order chi connectivity index (χ1) is 11.5. The first-order valence-electron chi connectivity index (χ1n) is 8.02. The number of thioether (sulfide) groups is 1. The van der Waals surface area contributed by atoms with Gasteiger partial charge in [-0.3, -0.25) is 14.5 Å². The quantitative estimate of drug-likeness (QED) is 0.449. The van der Waals surface area contributed by atoms with Crippen LogP contribution in [0.25, 0.3) is 6.08 Å². The number of carboxylic acid groups (broad SMARTS) is 1. The summed E-state index contributed by atoms with van der Waals surface area (Å²) in [5.74, 6) is 1.90. The largest absolute Gasteiger partial charge is 0.481 e. The molecule has 2 heterocycles. The third-order valence-electron chi connectivity index (χ3n) is 4.29. The summed E-state index contributed by atoms with van der Waals surface area (Å²) in [6, 6.07) is 3.87. The summed E-state index contributed by atoms with van der Waals surface area (Å²) in [6.45, 7) is 2.65. The average Bonchev–Trinajstić information content (AvgIpc) is 2.97. The van der Waals surface area contributed by atoms with Gasteiger partial charge in [-0.2, -0.15) is 0 Å². The fourth-order valence-electron chi connectivity index (χ4n) is 2.73. The van der Waals surface area contributed by atoms with Crippen LogP contribution in [-0.2, 0) is 9.59 Å². The van der Waals surface area contributed by atoms with E-state index in [4.69, 9.17) is 21.7 Å². The van der Waals surface area contributed by atoms with Crippen molar-refractivity contribution >= 4 is 46.3 Å². The van der Waals surface area contributed by atoms with Crippen molar-refractivity contribution in [3.05, 3.63) is 28.6 Å². The summed E-state index contributed by atoms with van der Waals surface area (Å²) in [5, 5.41) is 8.65. The first-order valence-corrected chi connectivity index (χ1v) is 9.25. The number of carbonyl (C=O) groups excluding carboxylic acids is 1. The van der Waals surface area contributed by atoms with Crippen LogP contribution >= 0.6 is 24.0 Å². The molecule has 0 unspecified atom stereocenters. The van der Waals surface area contributed by atoms with Crippen molar-refractivity contribution in [2.24, 2.45) is 5.92 Å². The molecule has 2 aliphatic rings. The van der Waals surface area contributed by atoms with Gasteiger partial charge in [0.25, 0.3) is 5.91 Å². The van der Waals surface area contributed by atoms with E-state index in [1.165, 1.54) is 11.8 Å². The second kappa shape index (κ2) is 7.11. The number of furan rings is 1. The summed E-state index contributed by atoms with van der Waals surface area (Å²) in [7, 11) is 0. The Balaban J connectivity index is 1.60. The molecule has 0 aromatic carbocycles. The van der Waals surface area contributed by atoms with Crippen LogP contribution in [0.4, 0.5) is 0 Å². The maximum Gasteiger partial charge on any atom is 0.303 e. The van der Waals surface area contributed by atoms with Crippen molar-refractivity contribution in [2.45, 2.75) is 38.5 Å². The van der Waals surface area contributed by atoms with Gasteiger partial charge in [0.05, 0.1) is 4.91 Å². The van der Waals surface area contributed by atoms with Gasteiger partial charge in [0, 0.05) is 25.0 Å². The topological polar surface area (TPSA) is 70.8 Å². The van der Waals surface area contributed by atoms with Crippen molar-refractivity contribution in [2.75, 3.05) is 6.54 Å².